The second-order valence-electron chi connectivity index (χ2n) is 9.33. The molecule has 0 unspecified atom stereocenters. The van der Waals surface area contributed by atoms with E-state index in [0.717, 1.165) is 29.8 Å². The highest BCUT2D eigenvalue weighted by atomic mass is 16.6. The summed E-state index contributed by atoms with van der Waals surface area (Å²) in [5.74, 6) is 0. The van der Waals surface area contributed by atoms with Crippen LogP contribution in [0, 0.1) is 24.0 Å². The maximum atomic E-state index is 11.0. The molecule has 0 bridgehead atoms. The van der Waals surface area contributed by atoms with Crippen LogP contribution in [-0.4, -0.2) is 17.0 Å². The van der Waals surface area contributed by atoms with Gasteiger partial charge < -0.3 is 16.4 Å². The minimum absolute atomic E-state index is 0.190. The lowest BCUT2D eigenvalue weighted by molar-refractivity contribution is -0.384. The van der Waals surface area contributed by atoms with E-state index < -0.39 is 0 Å². The van der Waals surface area contributed by atoms with Gasteiger partial charge in [0.25, 0.3) is 5.69 Å². The van der Waals surface area contributed by atoms with Gasteiger partial charge in [-0.15, -0.1) is 0 Å². The van der Waals surface area contributed by atoms with Crippen LogP contribution in [0.1, 0.15) is 75.3 Å². The number of nitro groups is 1. The molecule has 2 aromatic rings. The number of hydrogen-bond acceptors (Lipinski definition) is 5. The topological polar surface area (TPSA) is 93.2 Å². The molecule has 0 atom stereocenters. The number of nitrogen functional groups attached to an aromatic ring is 1. The Labute approximate surface area is 192 Å². The fourth-order valence-electron chi connectivity index (χ4n) is 4.66. The molecule has 0 aromatic heterocycles. The van der Waals surface area contributed by atoms with Gasteiger partial charge in [0.1, 0.15) is 5.69 Å². The molecule has 2 saturated carbocycles. The monoisotopic (exact) mass is 438 g/mol. The fourth-order valence-corrected chi connectivity index (χ4v) is 4.66. The number of nitrogens with zero attached hydrogens (tertiary/aromatic N) is 1. The van der Waals surface area contributed by atoms with Gasteiger partial charge in [0, 0.05) is 18.2 Å². The maximum Gasteiger partial charge on any atom is 0.292 e. The van der Waals surface area contributed by atoms with Crippen molar-refractivity contribution in [1.29, 1.82) is 0 Å². The van der Waals surface area contributed by atoms with E-state index in [4.69, 9.17) is 5.73 Å². The molecule has 0 spiro atoms. The second kappa shape index (κ2) is 11.7. The van der Waals surface area contributed by atoms with Gasteiger partial charge in [-0.2, -0.15) is 0 Å². The van der Waals surface area contributed by atoms with Gasteiger partial charge in [0.15, 0.2) is 0 Å². The largest absolute Gasteiger partial charge is 0.397 e. The van der Waals surface area contributed by atoms with E-state index in [1.165, 1.54) is 56.9 Å². The molecule has 0 heterocycles. The molecule has 4 rings (SSSR count). The Morgan fingerprint density at radius 3 is 1.75 bits per heavy atom. The number of aryl methyl sites for hydroxylation is 2. The van der Waals surface area contributed by atoms with Gasteiger partial charge >= 0.3 is 0 Å². The molecule has 174 valence electrons. The first-order chi connectivity index (χ1) is 15.4. The zero-order chi connectivity index (χ0) is 22.9. The number of nitrogens with one attached hydrogen (secondary N) is 2. The smallest absolute Gasteiger partial charge is 0.292 e. The molecular weight excluding hydrogens is 400 g/mol. The predicted molar refractivity (Wildman–Crippen MR) is 134 cm³/mol. The average Bonchev–Trinajstić information content (AvgIpc) is 2.79. The van der Waals surface area contributed by atoms with E-state index in [2.05, 4.69) is 29.7 Å². The Hall–Kier alpha value is -2.76. The van der Waals surface area contributed by atoms with Crippen molar-refractivity contribution in [2.24, 2.45) is 0 Å². The summed E-state index contributed by atoms with van der Waals surface area (Å²) < 4.78 is 0. The van der Waals surface area contributed by atoms with Crippen LogP contribution in [-0.2, 0) is 0 Å². The van der Waals surface area contributed by atoms with E-state index in [9.17, 15) is 10.1 Å². The van der Waals surface area contributed by atoms with Crippen LogP contribution in [0.2, 0.25) is 0 Å². The number of rotatable bonds is 5. The van der Waals surface area contributed by atoms with Gasteiger partial charge in [-0.05, 0) is 68.9 Å². The summed E-state index contributed by atoms with van der Waals surface area (Å²) >= 11 is 0. The van der Waals surface area contributed by atoms with E-state index in [-0.39, 0.29) is 10.6 Å². The molecule has 2 aliphatic carbocycles. The first-order valence-electron chi connectivity index (χ1n) is 12.1. The van der Waals surface area contributed by atoms with E-state index in [0.29, 0.717) is 17.8 Å². The van der Waals surface area contributed by atoms with Crippen molar-refractivity contribution >= 4 is 22.7 Å². The highest BCUT2D eigenvalue weighted by molar-refractivity contribution is 5.67. The van der Waals surface area contributed by atoms with Gasteiger partial charge in [0.2, 0.25) is 0 Å². The van der Waals surface area contributed by atoms with Crippen LogP contribution in [0.4, 0.5) is 22.7 Å². The van der Waals surface area contributed by atoms with Crippen molar-refractivity contribution in [3.05, 3.63) is 57.6 Å². The van der Waals surface area contributed by atoms with E-state index in [1.807, 2.05) is 25.1 Å². The third-order valence-electron chi connectivity index (χ3n) is 6.49. The summed E-state index contributed by atoms with van der Waals surface area (Å²) in [4.78, 5) is 10.7. The Balaban J connectivity index is 0.000000182. The third-order valence-corrected chi connectivity index (χ3v) is 6.49. The molecule has 2 aromatic carbocycles. The highest BCUT2D eigenvalue weighted by Crippen LogP contribution is 2.29. The third kappa shape index (κ3) is 7.14. The normalized spacial score (nSPS) is 17.2. The van der Waals surface area contributed by atoms with E-state index in [1.54, 1.807) is 6.07 Å². The molecule has 6 nitrogen and oxygen atoms in total. The summed E-state index contributed by atoms with van der Waals surface area (Å²) in [6.45, 7) is 3.94. The van der Waals surface area contributed by atoms with E-state index >= 15 is 0 Å². The zero-order valence-corrected chi connectivity index (χ0v) is 19.5. The molecule has 0 aliphatic heterocycles. The minimum Gasteiger partial charge on any atom is -0.397 e. The number of anilines is 3. The molecule has 4 N–H and O–H groups in total. The first-order valence-corrected chi connectivity index (χ1v) is 12.1. The summed E-state index contributed by atoms with van der Waals surface area (Å²) in [7, 11) is 0. The molecule has 0 saturated heterocycles. The lowest BCUT2D eigenvalue weighted by Crippen LogP contribution is -2.22. The molecule has 0 amide bonds. The second-order valence-corrected chi connectivity index (χ2v) is 9.33. The van der Waals surface area contributed by atoms with Crippen LogP contribution in [0.15, 0.2) is 36.4 Å². The number of nitrogens with two attached hydrogens (primary N) is 1. The first kappa shape index (κ1) is 23.9. The Morgan fingerprint density at radius 1 is 0.781 bits per heavy atom. The summed E-state index contributed by atoms with van der Waals surface area (Å²) in [5.41, 5.74) is 11.0. The van der Waals surface area contributed by atoms with Crippen molar-refractivity contribution in [2.75, 3.05) is 16.4 Å². The molecule has 2 aliphatic rings. The quantitative estimate of drug-likeness (QED) is 0.266. The molecule has 0 radical (unpaired) electrons. The lowest BCUT2D eigenvalue weighted by atomic mass is 9.95. The Morgan fingerprint density at radius 2 is 1.25 bits per heavy atom. The summed E-state index contributed by atoms with van der Waals surface area (Å²) in [5, 5.41) is 17.8. The van der Waals surface area contributed by atoms with Crippen molar-refractivity contribution in [1.82, 2.24) is 0 Å². The number of benzene rings is 2. The van der Waals surface area contributed by atoms with Crippen molar-refractivity contribution in [2.45, 2.75) is 90.1 Å². The lowest BCUT2D eigenvalue weighted by Gasteiger charge is -2.24. The van der Waals surface area contributed by atoms with Gasteiger partial charge in [-0.1, -0.05) is 50.7 Å². The van der Waals surface area contributed by atoms with Crippen molar-refractivity contribution in [3.63, 3.8) is 0 Å². The Kier molecular flexibility index (Phi) is 8.77. The van der Waals surface area contributed by atoms with Crippen molar-refractivity contribution in [3.8, 4) is 0 Å². The van der Waals surface area contributed by atoms with Crippen molar-refractivity contribution < 1.29 is 4.92 Å². The minimum atomic E-state index is -0.307. The molecule has 2 fully saturated rings. The number of hydrogen-bond donors (Lipinski definition) is 3. The van der Waals surface area contributed by atoms with Crippen LogP contribution in [0.5, 0.6) is 0 Å². The number of nitro benzene ring substituents is 1. The van der Waals surface area contributed by atoms with Crippen LogP contribution >= 0.6 is 0 Å². The van der Waals surface area contributed by atoms with Gasteiger partial charge in [-0.25, -0.2) is 0 Å². The molecular formula is C26H38N4O2. The van der Waals surface area contributed by atoms with Crippen LogP contribution < -0.4 is 16.4 Å². The fraction of sp³-hybridized carbons (Fsp3) is 0.538. The van der Waals surface area contributed by atoms with Gasteiger partial charge in [-0.3, -0.25) is 10.1 Å². The highest BCUT2D eigenvalue weighted by Gasteiger charge is 2.19. The summed E-state index contributed by atoms with van der Waals surface area (Å²) in [6.07, 6.45) is 12.6. The predicted octanol–water partition coefficient (Wildman–Crippen LogP) is 6.97. The van der Waals surface area contributed by atoms with Gasteiger partial charge in [0.05, 0.1) is 16.3 Å². The van der Waals surface area contributed by atoms with Crippen LogP contribution in [0.3, 0.4) is 0 Å². The summed E-state index contributed by atoms with van der Waals surface area (Å²) in [6, 6.07) is 12.6. The maximum absolute atomic E-state index is 11.0. The van der Waals surface area contributed by atoms with Crippen LogP contribution in [0.25, 0.3) is 0 Å². The standard InChI is InChI=1S/C13H18N2O2.C13H20N2/c1-10-7-8-12(13(9-10)15(16)17)14-11-5-3-2-4-6-11;1-10-7-8-13(12(14)9-10)15-11-5-3-2-4-6-11/h7-9,11,14H,2-6H2,1H3;7-9,11,15H,2-6,14H2,1H3. The molecule has 32 heavy (non-hydrogen) atoms. The zero-order valence-electron chi connectivity index (χ0n) is 19.5. The average molecular weight is 439 g/mol. The Bertz CT molecular complexity index is 887. The SMILES string of the molecule is Cc1ccc(NC2CCCCC2)c(N)c1.Cc1ccc(NC2CCCCC2)c([N+](=O)[O-])c1. The molecule has 6 heteroatoms.